The number of hydrogen-bond donors (Lipinski definition) is 3. The minimum atomic E-state index is -0.401. The van der Waals surface area contributed by atoms with E-state index in [1.807, 2.05) is 0 Å². The van der Waals surface area contributed by atoms with Crippen LogP contribution in [0, 0.1) is 11.7 Å². The van der Waals surface area contributed by atoms with E-state index in [-0.39, 0.29) is 5.84 Å². The molecule has 18 heavy (non-hydrogen) atoms. The molecule has 1 aromatic carbocycles. The first kappa shape index (κ1) is 14.4. The molecule has 1 atom stereocenters. The van der Waals surface area contributed by atoms with Crippen LogP contribution in [0.15, 0.2) is 23.4 Å². The Hall–Kier alpha value is -1.62. The van der Waals surface area contributed by atoms with Gasteiger partial charge in [0, 0.05) is 12.1 Å². The van der Waals surface area contributed by atoms with Gasteiger partial charge in [-0.25, -0.2) is 4.39 Å². The topological polar surface area (TPSA) is 70.6 Å². The molecule has 1 unspecified atom stereocenters. The zero-order valence-electron chi connectivity index (χ0n) is 10.8. The lowest BCUT2D eigenvalue weighted by Crippen LogP contribution is -2.23. The van der Waals surface area contributed by atoms with Crippen LogP contribution in [-0.2, 0) is 6.54 Å². The summed E-state index contributed by atoms with van der Waals surface area (Å²) >= 11 is 0. The second-order valence-corrected chi connectivity index (χ2v) is 4.43. The lowest BCUT2D eigenvalue weighted by atomic mass is 10.1. The van der Waals surface area contributed by atoms with Crippen LogP contribution in [0.25, 0.3) is 0 Å². The van der Waals surface area contributed by atoms with E-state index in [1.165, 1.54) is 12.1 Å². The monoisotopic (exact) mass is 253 g/mol. The van der Waals surface area contributed by atoms with Crippen molar-refractivity contribution in [3.05, 3.63) is 35.1 Å². The lowest BCUT2D eigenvalue weighted by Gasteiger charge is -2.12. The highest BCUT2D eigenvalue weighted by atomic mass is 19.1. The Bertz CT molecular complexity index is 421. The number of rotatable bonds is 6. The summed E-state index contributed by atoms with van der Waals surface area (Å²) in [7, 11) is 0. The van der Waals surface area contributed by atoms with Crippen molar-refractivity contribution >= 4 is 5.84 Å². The summed E-state index contributed by atoms with van der Waals surface area (Å²) in [5.41, 5.74) is 6.77. The molecule has 0 amide bonds. The average Bonchev–Trinajstić information content (AvgIpc) is 2.39. The number of nitrogens with one attached hydrogen (secondary N) is 1. The van der Waals surface area contributed by atoms with E-state index >= 15 is 0 Å². The summed E-state index contributed by atoms with van der Waals surface area (Å²) in [6.45, 7) is 5.73. The van der Waals surface area contributed by atoms with Crippen LogP contribution in [0.2, 0.25) is 0 Å². The van der Waals surface area contributed by atoms with Crippen molar-refractivity contribution in [2.24, 2.45) is 16.8 Å². The van der Waals surface area contributed by atoms with Gasteiger partial charge >= 0.3 is 0 Å². The van der Waals surface area contributed by atoms with Gasteiger partial charge in [-0.2, -0.15) is 0 Å². The van der Waals surface area contributed by atoms with Gasteiger partial charge in [0.25, 0.3) is 0 Å². The maximum absolute atomic E-state index is 13.1. The standard InChI is InChI=1S/C13H20FN3O/c1-3-9(2)7-16-8-10-4-5-11(14)6-12(10)13(15)17-18/h4-6,9,16,18H,3,7-8H2,1-2H3,(H2,15,17). The second-order valence-electron chi connectivity index (χ2n) is 4.43. The molecule has 0 aliphatic rings. The van der Waals surface area contributed by atoms with Crippen molar-refractivity contribution in [3.63, 3.8) is 0 Å². The van der Waals surface area contributed by atoms with Gasteiger partial charge in [0.15, 0.2) is 5.84 Å². The van der Waals surface area contributed by atoms with Crippen LogP contribution in [0.1, 0.15) is 31.4 Å². The maximum atomic E-state index is 13.1. The Morgan fingerprint density at radius 1 is 1.56 bits per heavy atom. The summed E-state index contributed by atoms with van der Waals surface area (Å²) in [5.74, 6) is 0.106. The third-order valence-corrected chi connectivity index (χ3v) is 2.96. The molecule has 0 aromatic heterocycles. The SMILES string of the molecule is CCC(C)CNCc1ccc(F)cc1C(N)=NO. The van der Waals surface area contributed by atoms with Crippen molar-refractivity contribution in [3.8, 4) is 0 Å². The largest absolute Gasteiger partial charge is 0.409 e. The third kappa shape index (κ3) is 4.00. The van der Waals surface area contributed by atoms with Crippen LogP contribution >= 0.6 is 0 Å². The molecule has 1 rings (SSSR count). The number of amidine groups is 1. The van der Waals surface area contributed by atoms with Crippen molar-refractivity contribution in [1.82, 2.24) is 5.32 Å². The summed E-state index contributed by atoms with van der Waals surface area (Å²) in [6, 6.07) is 4.29. The Morgan fingerprint density at radius 3 is 2.89 bits per heavy atom. The predicted octanol–water partition coefficient (Wildman–Crippen LogP) is 2.06. The summed E-state index contributed by atoms with van der Waals surface area (Å²) < 4.78 is 13.1. The molecule has 0 radical (unpaired) electrons. The molecule has 4 nitrogen and oxygen atoms in total. The molecule has 5 heteroatoms. The molecule has 0 aliphatic heterocycles. The van der Waals surface area contributed by atoms with Crippen molar-refractivity contribution in [2.45, 2.75) is 26.8 Å². The van der Waals surface area contributed by atoms with Gasteiger partial charge in [0.2, 0.25) is 0 Å². The quantitative estimate of drug-likeness (QED) is 0.314. The average molecular weight is 253 g/mol. The van der Waals surface area contributed by atoms with E-state index in [1.54, 1.807) is 6.07 Å². The lowest BCUT2D eigenvalue weighted by molar-refractivity contribution is 0.318. The number of oxime groups is 1. The molecule has 1 aromatic rings. The number of nitrogens with two attached hydrogens (primary N) is 1. The van der Waals surface area contributed by atoms with Crippen LogP contribution in [0.3, 0.4) is 0 Å². The Kier molecular flexibility index (Phi) is 5.58. The smallest absolute Gasteiger partial charge is 0.170 e. The fourth-order valence-electron chi connectivity index (χ4n) is 1.59. The normalized spacial score (nSPS) is 13.6. The molecule has 0 aliphatic carbocycles. The van der Waals surface area contributed by atoms with Crippen molar-refractivity contribution in [1.29, 1.82) is 0 Å². The molecular formula is C13H20FN3O. The number of benzene rings is 1. The van der Waals surface area contributed by atoms with E-state index in [2.05, 4.69) is 24.3 Å². The molecular weight excluding hydrogens is 233 g/mol. The first-order valence-corrected chi connectivity index (χ1v) is 6.05. The van der Waals surface area contributed by atoms with E-state index in [0.717, 1.165) is 18.5 Å². The Balaban J connectivity index is 2.76. The van der Waals surface area contributed by atoms with E-state index in [0.29, 0.717) is 18.0 Å². The molecule has 0 bridgehead atoms. The van der Waals surface area contributed by atoms with Crippen molar-refractivity contribution in [2.75, 3.05) is 6.54 Å². The van der Waals surface area contributed by atoms with Crippen LogP contribution in [-0.4, -0.2) is 17.6 Å². The maximum Gasteiger partial charge on any atom is 0.170 e. The predicted molar refractivity (Wildman–Crippen MR) is 70.1 cm³/mol. The molecule has 0 fully saturated rings. The fourth-order valence-corrected chi connectivity index (χ4v) is 1.59. The number of hydrogen-bond acceptors (Lipinski definition) is 3. The first-order chi connectivity index (χ1) is 8.58. The van der Waals surface area contributed by atoms with Gasteiger partial charge in [-0.05, 0) is 30.2 Å². The van der Waals surface area contributed by atoms with Crippen LogP contribution < -0.4 is 11.1 Å². The van der Waals surface area contributed by atoms with Gasteiger partial charge in [-0.1, -0.05) is 31.5 Å². The van der Waals surface area contributed by atoms with Gasteiger partial charge in [-0.3, -0.25) is 0 Å². The molecule has 0 spiro atoms. The summed E-state index contributed by atoms with van der Waals surface area (Å²) in [4.78, 5) is 0. The van der Waals surface area contributed by atoms with Gasteiger partial charge < -0.3 is 16.3 Å². The molecule has 0 heterocycles. The third-order valence-electron chi connectivity index (χ3n) is 2.96. The van der Waals surface area contributed by atoms with Crippen LogP contribution in [0.5, 0.6) is 0 Å². The number of nitrogens with zero attached hydrogens (tertiary/aromatic N) is 1. The summed E-state index contributed by atoms with van der Waals surface area (Å²) in [6.07, 6.45) is 1.10. The molecule has 0 saturated heterocycles. The van der Waals surface area contributed by atoms with E-state index in [4.69, 9.17) is 10.9 Å². The van der Waals surface area contributed by atoms with Gasteiger partial charge in [0.05, 0.1) is 0 Å². The Morgan fingerprint density at radius 2 is 2.28 bits per heavy atom. The zero-order chi connectivity index (χ0) is 13.5. The highest BCUT2D eigenvalue weighted by Gasteiger charge is 2.08. The molecule has 0 saturated carbocycles. The number of halogens is 1. The first-order valence-electron chi connectivity index (χ1n) is 6.05. The fraction of sp³-hybridized carbons (Fsp3) is 0.462. The minimum Gasteiger partial charge on any atom is -0.409 e. The van der Waals surface area contributed by atoms with E-state index in [9.17, 15) is 4.39 Å². The van der Waals surface area contributed by atoms with Gasteiger partial charge in [-0.15, -0.1) is 0 Å². The Labute approximate surface area is 107 Å². The van der Waals surface area contributed by atoms with Crippen LogP contribution in [0.4, 0.5) is 4.39 Å². The zero-order valence-corrected chi connectivity index (χ0v) is 10.8. The van der Waals surface area contributed by atoms with E-state index < -0.39 is 5.82 Å². The van der Waals surface area contributed by atoms with Crippen molar-refractivity contribution < 1.29 is 9.60 Å². The van der Waals surface area contributed by atoms with Gasteiger partial charge in [0.1, 0.15) is 5.82 Å². The minimum absolute atomic E-state index is 0.0742. The summed E-state index contributed by atoms with van der Waals surface area (Å²) in [5, 5.41) is 14.9. The second kappa shape index (κ2) is 6.96. The highest BCUT2D eigenvalue weighted by molar-refractivity contribution is 5.98. The molecule has 4 N–H and O–H groups in total. The highest BCUT2D eigenvalue weighted by Crippen LogP contribution is 2.11. The molecule has 100 valence electrons.